The van der Waals surface area contributed by atoms with Gasteiger partial charge in [-0.1, -0.05) is 0 Å². The molecule has 0 spiro atoms. The van der Waals surface area contributed by atoms with E-state index in [1.807, 2.05) is 0 Å². The van der Waals surface area contributed by atoms with Crippen molar-refractivity contribution in [1.29, 1.82) is 0 Å². The zero-order chi connectivity index (χ0) is 13.9. The number of sulfonamides is 1. The number of nitrogens with zero attached hydrogens (tertiary/aromatic N) is 1. The summed E-state index contributed by atoms with van der Waals surface area (Å²) in [5.41, 5.74) is 1.05. The number of aryl methyl sites for hydroxylation is 1. The van der Waals surface area contributed by atoms with E-state index in [0.717, 1.165) is 0 Å². The van der Waals surface area contributed by atoms with Crippen LogP contribution in [-0.2, 0) is 10.0 Å². The van der Waals surface area contributed by atoms with E-state index in [4.69, 9.17) is 4.74 Å². The van der Waals surface area contributed by atoms with E-state index in [9.17, 15) is 8.42 Å². The standard InChI is InChI=1S/C13H14N2O3S/c1-10-8-12(18-2)5-6-13(10)19(16,17)15-11-4-3-7-14-9-11/h3-9,15H,1-2H3. The Morgan fingerprint density at radius 3 is 2.63 bits per heavy atom. The van der Waals surface area contributed by atoms with E-state index in [2.05, 4.69) is 9.71 Å². The first-order valence-electron chi connectivity index (χ1n) is 5.60. The normalized spacial score (nSPS) is 11.1. The Hall–Kier alpha value is -2.08. The summed E-state index contributed by atoms with van der Waals surface area (Å²) in [6.07, 6.45) is 3.03. The molecule has 1 aromatic heterocycles. The van der Waals surface area contributed by atoms with Crippen LogP contribution in [0.5, 0.6) is 5.75 Å². The lowest BCUT2D eigenvalue weighted by atomic mass is 10.2. The number of ether oxygens (including phenoxy) is 1. The van der Waals surface area contributed by atoms with Crippen LogP contribution in [0.4, 0.5) is 5.69 Å². The summed E-state index contributed by atoms with van der Waals surface area (Å²) in [4.78, 5) is 4.08. The first kappa shape index (κ1) is 13.4. The Morgan fingerprint density at radius 2 is 2.05 bits per heavy atom. The van der Waals surface area contributed by atoms with Crippen LogP contribution in [0.15, 0.2) is 47.6 Å². The second-order valence-corrected chi connectivity index (χ2v) is 5.63. The Bertz CT molecular complexity index is 670. The third-order valence-corrected chi connectivity index (χ3v) is 4.13. The van der Waals surface area contributed by atoms with Gasteiger partial charge in [0.2, 0.25) is 0 Å². The minimum atomic E-state index is -3.61. The highest BCUT2D eigenvalue weighted by Gasteiger charge is 2.17. The van der Waals surface area contributed by atoms with Gasteiger partial charge < -0.3 is 4.74 Å². The Morgan fingerprint density at radius 1 is 1.26 bits per heavy atom. The van der Waals surface area contributed by atoms with Crippen molar-refractivity contribution in [2.24, 2.45) is 0 Å². The molecular weight excluding hydrogens is 264 g/mol. The predicted octanol–water partition coefficient (Wildman–Crippen LogP) is 2.20. The number of hydrogen-bond donors (Lipinski definition) is 1. The maximum Gasteiger partial charge on any atom is 0.262 e. The van der Waals surface area contributed by atoms with E-state index in [1.54, 1.807) is 37.4 Å². The minimum Gasteiger partial charge on any atom is -0.497 e. The van der Waals surface area contributed by atoms with Crippen LogP contribution in [0, 0.1) is 6.92 Å². The summed E-state index contributed by atoms with van der Waals surface area (Å²) in [6.45, 7) is 1.72. The van der Waals surface area contributed by atoms with Gasteiger partial charge in [0.15, 0.2) is 0 Å². The SMILES string of the molecule is COc1ccc(S(=O)(=O)Nc2cccnc2)c(C)c1. The summed E-state index contributed by atoms with van der Waals surface area (Å²) >= 11 is 0. The van der Waals surface area contributed by atoms with Gasteiger partial charge in [-0.25, -0.2) is 8.42 Å². The smallest absolute Gasteiger partial charge is 0.262 e. The second-order valence-electron chi connectivity index (χ2n) is 3.98. The van der Waals surface area contributed by atoms with Crippen molar-refractivity contribution in [3.63, 3.8) is 0 Å². The van der Waals surface area contributed by atoms with Crippen LogP contribution in [-0.4, -0.2) is 20.5 Å². The van der Waals surface area contributed by atoms with E-state index in [1.165, 1.54) is 19.4 Å². The molecule has 0 unspecified atom stereocenters. The maximum atomic E-state index is 12.2. The molecule has 0 amide bonds. The zero-order valence-electron chi connectivity index (χ0n) is 10.6. The number of pyridine rings is 1. The van der Waals surface area contributed by atoms with Gasteiger partial charge in [0.25, 0.3) is 10.0 Å². The van der Waals surface area contributed by atoms with Gasteiger partial charge in [0.05, 0.1) is 23.9 Å². The number of hydrogen-bond acceptors (Lipinski definition) is 4. The van der Waals surface area contributed by atoms with E-state index < -0.39 is 10.0 Å². The highest BCUT2D eigenvalue weighted by molar-refractivity contribution is 7.92. The average Bonchev–Trinajstić information content (AvgIpc) is 2.38. The van der Waals surface area contributed by atoms with Gasteiger partial charge >= 0.3 is 0 Å². The Labute approximate surface area is 112 Å². The second kappa shape index (κ2) is 5.27. The van der Waals surface area contributed by atoms with Crippen LogP contribution in [0.25, 0.3) is 0 Å². The quantitative estimate of drug-likeness (QED) is 0.931. The number of methoxy groups -OCH3 is 1. The summed E-state index contributed by atoms with van der Waals surface area (Å²) in [5.74, 6) is 0.623. The molecule has 0 saturated heterocycles. The van der Waals surface area contributed by atoms with Gasteiger partial charge in [0.1, 0.15) is 5.75 Å². The van der Waals surface area contributed by atoms with Gasteiger partial charge in [-0.3, -0.25) is 9.71 Å². The fraction of sp³-hybridized carbons (Fsp3) is 0.154. The van der Waals surface area contributed by atoms with Crippen molar-refractivity contribution in [3.05, 3.63) is 48.3 Å². The number of anilines is 1. The molecule has 0 atom stereocenters. The number of nitrogens with one attached hydrogen (secondary N) is 1. The topological polar surface area (TPSA) is 68.3 Å². The van der Waals surface area contributed by atoms with Crippen molar-refractivity contribution < 1.29 is 13.2 Å². The maximum absolute atomic E-state index is 12.2. The fourth-order valence-electron chi connectivity index (χ4n) is 1.68. The molecule has 1 heterocycles. The number of aromatic nitrogens is 1. The van der Waals surface area contributed by atoms with Crippen LogP contribution in [0.3, 0.4) is 0 Å². The number of benzene rings is 1. The molecule has 0 saturated carbocycles. The molecule has 0 radical (unpaired) electrons. The Balaban J connectivity index is 2.35. The summed E-state index contributed by atoms with van der Waals surface area (Å²) in [7, 11) is -2.08. The average molecular weight is 278 g/mol. The molecule has 2 aromatic rings. The van der Waals surface area contributed by atoms with Crippen LogP contribution < -0.4 is 9.46 Å². The van der Waals surface area contributed by atoms with Crippen molar-refractivity contribution in [2.45, 2.75) is 11.8 Å². The van der Waals surface area contributed by atoms with Gasteiger partial charge in [-0.2, -0.15) is 0 Å². The first-order valence-corrected chi connectivity index (χ1v) is 7.09. The highest BCUT2D eigenvalue weighted by Crippen LogP contribution is 2.22. The molecule has 5 nitrogen and oxygen atoms in total. The molecule has 100 valence electrons. The summed E-state index contributed by atoms with van der Waals surface area (Å²) in [6, 6.07) is 8.12. The minimum absolute atomic E-state index is 0.220. The molecule has 2 rings (SSSR count). The van der Waals surface area contributed by atoms with E-state index in [0.29, 0.717) is 17.0 Å². The number of rotatable bonds is 4. The molecule has 0 aliphatic carbocycles. The lowest BCUT2D eigenvalue weighted by molar-refractivity contribution is 0.414. The van der Waals surface area contributed by atoms with Gasteiger partial charge in [0, 0.05) is 6.20 Å². The predicted molar refractivity (Wildman–Crippen MR) is 72.8 cm³/mol. The summed E-state index contributed by atoms with van der Waals surface area (Å²) in [5, 5.41) is 0. The molecular formula is C13H14N2O3S. The molecule has 1 N–H and O–H groups in total. The van der Waals surface area contributed by atoms with Gasteiger partial charge in [-0.15, -0.1) is 0 Å². The first-order chi connectivity index (χ1) is 9.03. The zero-order valence-corrected chi connectivity index (χ0v) is 11.4. The molecule has 0 aliphatic heterocycles. The van der Waals surface area contributed by atoms with E-state index in [-0.39, 0.29) is 4.90 Å². The van der Waals surface area contributed by atoms with Crippen molar-refractivity contribution in [3.8, 4) is 5.75 Å². The van der Waals surface area contributed by atoms with Crippen molar-refractivity contribution >= 4 is 15.7 Å². The highest BCUT2D eigenvalue weighted by atomic mass is 32.2. The molecule has 19 heavy (non-hydrogen) atoms. The van der Waals surface area contributed by atoms with Crippen LogP contribution in [0.1, 0.15) is 5.56 Å². The molecule has 0 aliphatic rings. The largest absolute Gasteiger partial charge is 0.497 e. The molecule has 0 bridgehead atoms. The summed E-state index contributed by atoms with van der Waals surface area (Å²) < 4.78 is 32.0. The lowest BCUT2D eigenvalue weighted by Gasteiger charge is -2.11. The molecule has 1 aromatic carbocycles. The fourth-order valence-corrected chi connectivity index (χ4v) is 2.95. The van der Waals surface area contributed by atoms with Gasteiger partial charge in [-0.05, 0) is 42.8 Å². The molecule has 0 fully saturated rings. The third kappa shape index (κ3) is 3.03. The lowest BCUT2D eigenvalue weighted by Crippen LogP contribution is -2.14. The third-order valence-electron chi connectivity index (χ3n) is 2.59. The van der Waals surface area contributed by atoms with Crippen LogP contribution >= 0.6 is 0 Å². The van der Waals surface area contributed by atoms with Crippen LogP contribution in [0.2, 0.25) is 0 Å². The van der Waals surface area contributed by atoms with Crippen molar-refractivity contribution in [1.82, 2.24) is 4.98 Å². The molecule has 6 heteroatoms. The van der Waals surface area contributed by atoms with E-state index >= 15 is 0 Å². The Kier molecular flexibility index (Phi) is 3.71. The van der Waals surface area contributed by atoms with Crippen molar-refractivity contribution in [2.75, 3.05) is 11.8 Å². The monoisotopic (exact) mass is 278 g/mol.